The van der Waals surface area contributed by atoms with Crippen molar-refractivity contribution in [2.24, 2.45) is 0 Å². The Hall–Kier alpha value is -2.77. The second-order valence-corrected chi connectivity index (χ2v) is 9.39. The third-order valence-corrected chi connectivity index (χ3v) is 6.90. The van der Waals surface area contributed by atoms with Gasteiger partial charge in [-0.25, -0.2) is 9.37 Å². The molecule has 1 amide bonds. The Morgan fingerprint density at radius 3 is 2.77 bits per heavy atom. The molecule has 0 fully saturated rings. The van der Waals surface area contributed by atoms with Crippen molar-refractivity contribution in [1.29, 1.82) is 0 Å². The molecule has 4 nitrogen and oxygen atoms in total. The monoisotopic (exact) mass is 451 g/mol. The van der Waals surface area contributed by atoms with E-state index in [0.29, 0.717) is 23.6 Å². The molecule has 2 heterocycles. The van der Waals surface area contributed by atoms with Crippen LogP contribution >= 0.6 is 23.1 Å². The number of carbonyl (C=O) groups is 1. The molecule has 31 heavy (non-hydrogen) atoms. The Bertz CT molecular complexity index is 1160. The van der Waals surface area contributed by atoms with Gasteiger partial charge in [-0.2, -0.15) is 0 Å². The first-order chi connectivity index (χ1) is 15.1. The number of aromatic nitrogens is 2. The first-order valence-corrected chi connectivity index (χ1v) is 11.8. The van der Waals surface area contributed by atoms with Crippen molar-refractivity contribution in [3.8, 4) is 0 Å². The number of pyridine rings is 1. The molecule has 0 spiro atoms. The van der Waals surface area contributed by atoms with Crippen LogP contribution in [0.25, 0.3) is 10.2 Å². The molecule has 0 aliphatic rings. The molecule has 0 aliphatic heterocycles. The number of benzene rings is 2. The van der Waals surface area contributed by atoms with Crippen LogP contribution in [0.4, 0.5) is 9.52 Å². The van der Waals surface area contributed by atoms with E-state index in [0.717, 1.165) is 22.4 Å². The Labute approximate surface area is 189 Å². The summed E-state index contributed by atoms with van der Waals surface area (Å²) in [6.07, 6.45) is 4.64. The molecule has 2 aromatic carbocycles. The summed E-state index contributed by atoms with van der Waals surface area (Å²) in [5.74, 6) is 0.564. The smallest absolute Gasteiger partial charge is 0.229 e. The normalized spacial score (nSPS) is 11.0. The highest BCUT2D eigenvalue weighted by atomic mass is 32.2. The number of rotatable bonds is 8. The summed E-state index contributed by atoms with van der Waals surface area (Å²) in [6.45, 7) is 2.46. The Kier molecular flexibility index (Phi) is 6.94. The number of thioether (sulfide) groups is 1. The standard InChI is InChI=1S/C24H22FN3OS2/c1-17-6-9-20(10-7-17)30-13-3-5-23(29)28(16-18-4-2-12-26-15-18)24-27-21-11-8-19(25)14-22(21)31-24/h2,4,6-12,14-15H,3,5,13,16H2,1H3. The number of anilines is 1. The Morgan fingerprint density at radius 1 is 1.16 bits per heavy atom. The third-order valence-electron chi connectivity index (χ3n) is 4.76. The van der Waals surface area contributed by atoms with Crippen LogP contribution in [0.15, 0.2) is 71.9 Å². The van der Waals surface area contributed by atoms with Crippen LogP contribution in [-0.2, 0) is 11.3 Å². The molecule has 0 bridgehead atoms. The van der Waals surface area contributed by atoms with Crippen LogP contribution < -0.4 is 4.90 Å². The maximum atomic E-state index is 13.6. The van der Waals surface area contributed by atoms with Gasteiger partial charge in [-0.15, -0.1) is 11.8 Å². The minimum atomic E-state index is -0.305. The Balaban J connectivity index is 1.46. The van der Waals surface area contributed by atoms with Gasteiger partial charge in [0, 0.05) is 23.7 Å². The fourth-order valence-corrected chi connectivity index (χ4v) is 4.98. The van der Waals surface area contributed by atoms with E-state index in [2.05, 4.69) is 41.2 Å². The number of nitrogens with zero attached hydrogens (tertiary/aromatic N) is 3. The van der Waals surface area contributed by atoms with E-state index in [1.165, 1.54) is 33.9 Å². The second kappa shape index (κ2) is 10.0. The zero-order valence-corrected chi connectivity index (χ0v) is 18.8. The molecule has 4 aromatic rings. The van der Waals surface area contributed by atoms with Crippen molar-refractivity contribution in [3.05, 3.63) is 83.9 Å². The fourth-order valence-electron chi connectivity index (χ4n) is 3.12. The molecule has 0 atom stereocenters. The number of aryl methyl sites for hydroxylation is 1. The molecule has 0 N–H and O–H groups in total. The molecule has 2 aromatic heterocycles. The van der Waals surface area contributed by atoms with Gasteiger partial charge < -0.3 is 0 Å². The van der Waals surface area contributed by atoms with Crippen LogP contribution in [0.3, 0.4) is 0 Å². The maximum absolute atomic E-state index is 13.6. The summed E-state index contributed by atoms with van der Waals surface area (Å²) in [5.41, 5.74) is 2.86. The molecule has 4 rings (SSSR count). The van der Waals surface area contributed by atoms with E-state index in [-0.39, 0.29) is 11.7 Å². The van der Waals surface area contributed by atoms with Crippen molar-refractivity contribution in [3.63, 3.8) is 0 Å². The lowest BCUT2D eigenvalue weighted by Gasteiger charge is -2.20. The highest BCUT2D eigenvalue weighted by Crippen LogP contribution is 2.31. The minimum Gasteiger partial charge on any atom is -0.284 e. The number of carbonyl (C=O) groups excluding carboxylic acids is 1. The van der Waals surface area contributed by atoms with Gasteiger partial charge in [-0.1, -0.05) is 35.1 Å². The summed E-state index contributed by atoms with van der Waals surface area (Å²) < 4.78 is 14.3. The second-order valence-electron chi connectivity index (χ2n) is 7.21. The average molecular weight is 452 g/mol. The summed E-state index contributed by atoms with van der Waals surface area (Å²) in [6, 6.07) is 16.7. The molecular weight excluding hydrogens is 429 g/mol. The van der Waals surface area contributed by atoms with Gasteiger partial charge in [-0.3, -0.25) is 14.7 Å². The van der Waals surface area contributed by atoms with Gasteiger partial charge in [-0.05, 0) is 61.1 Å². The number of halogens is 1. The highest BCUT2D eigenvalue weighted by molar-refractivity contribution is 7.99. The predicted octanol–water partition coefficient (Wildman–Crippen LogP) is 6.24. The lowest BCUT2D eigenvalue weighted by atomic mass is 10.2. The lowest BCUT2D eigenvalue weighted by Crippen LogP contribution is -2.30. The molecular formula is C24H22FN3OS2. The summed E-state index contributed by atoms with van der Waals surface area (Å²) in [7, 11) is 0. The van der Waals surface area contributed by atoms with Crippen LogP contribution in [0.5, 0.6) is 0 Å². The van der Waals surface area contributed by atoms with Crippen molar-refractivity contribution < 1.29 is 9.18 Å². The quantitative estimate of drug-likeness (QED) is 0.235. The zero-order chi connectivity index (χ0) is 21.6. The minimum absolute atomic E-state index is 0.00730. The van der Waals surface area contributed by atoms with E-state index >= 15 is 0 Å². The van der Waals surface area contributed by atoms with Gasteiger partial charge in [0.15, 0.2) is 5.13 Å². The van der Waals surface area contributed by atoms with Crippen LogP contribution in [0, 0.1) is 12.7 Å². The SMILES string of the molecule is Cc1ccc(SCCCC(=O)N(Cc2cccnc2)c2nc3ccc(F)cc3s2)cc1. The predicted molar refractivity (Wildman–Crippen MR) is 126 cm³/mol. The Morgan fingerprint density at radius 2 is 2.00 bits per heavy atom. The largest absolute Gasteiger partial charge is 0.284 e. The summed E-state index contributed by atoms with van der Waals surface area (Å²) >= 11 is 3.09. The van der Waals surface area contributed by atoms with E-state index in [1.54, 1.807) is 35.1 Å². The summed E-state index contributed by atoms with van der Waals surface area (Å²) in [5, 5.41) is 0.584. The molecule has 0 unspecified atom stereocenters. The first-order valence-electron chi connectivity index (χ1n) is 10.0. The first kappa shape index (κ1) is 21.5. The number of hydrogen-bond donors (Lipinski definition) is 0. The van der Waals surface area contributed by atoms with E-state index in [4.69, 9.17) is 0 Å². The van der Waals surface area contributed by atoms with E-state index < -0.39 is 0 Å². The number of hydrogen-bond acceptors (Lipinski definition) is 5. The van der Waals surface area contributed by atoms with Crippen LogP contribution in [0.1, 0.15) is 24.0 Å². The third kappa shape index (κ3) is 5.68. The molecule has 0 saturated heterocycles. The fraction of sp³-hybridized carbons (Fsp3) is 0.208. The van der Waals surface area contributed by atoms with Crippen molar-refractivity contribution in [2.75, 3.05) is 10.7 Å². The van der Waals surface area contributed by atoms with Gasteiger partial charge >= 0.3 is 0 Å². The lowest BCUT2D eigenvalue weighted by molar-refractivity contribution is -0.118. The number of fused-ring (bicyclic) bond motifs is 1. The van der Waals surface area contributed by atoms with Gasteiger partial charge in [0.05, 0.1) is 16.8 Å². The van der Waals surface area contributed by atoms with Crippen molar-refractivity contribution in [1.82, 2.24) is 9.97 Å². The van der Waals surface area contributed by atoms with Gasteiger partial charge in [0.1, 0.15) is 5.82 Å². The molecule has 0 radical (unpaired) electrons. The molecule has 158 valence electrons. The average Bonchev–Trinajstić information content (AvgIpc) is 3.19. The van der Waals surface area contributed by atoms with E-state index in [1.807, 2.05) is 12.1 Å². The van der Waals surface area contributed by atoms with Crippen molar-refractivity contribution >= 4 is 44.4 Å². The number of amides is 1. The van der Waals surface area contributed by atoms with E-state index in [9.17, 15) is 9.18 Å². The summed E-state index contributed by atoms with van der Waals surface area (Å²) in [4.78, 5) is 24.8. The maximum Gasteiger partial charge on any atom is 0.229 e. The highest BCUT2D eigenvalue weighted by Gasteiger charge is 2.20. The van der Waals surface area contributed by atoms with Gasteiger partial charge in [0.2, 0.25) is 5.91 Å². The topological polar surface area (TPSA) is 46.1 Å². The molecule has 0 saturated carbocycles. The van der Waals surface area contributed by atoms with Crippen LogP contribution in [-0.4, -0.2) is 21.6 Å². The molecule has 0 aliphatic carbocycles. The van der Waals surface area contributed by atoms with Crippen molar-refractivity contribution in [2.45, 2.75) is 31.2 Å². The van der Waals surface area contributed by atoms with Gasteiger partial charge in [0.25, 0.3) is 0 Å². The zero-order valence-electron chi connectivity index (χ0n) is 17.1. The van der Waals surface area contributed by atoms with Crippen LogP contribution in [0.2, 0.25) is 0 Å². The number of thiazole rings is 1. The molecule has 7 heteroatoms.